The highest BCUT2D eigenvalue weighted by Gasteiger charge is 2.12. The van der Waals surface area contributed by atoms with Gasteiger partial charge in [0.05, 0.1) is 5.56 Å². The van der Waals surface area contributed by atoms with E-state index in [4.69, 9.17) is 4.42 Å². The summed E-state index contributed by atoms with van der Waals surface area (Å²) >= 11 is 0. The zero-order valence-electron chi connectivity index (χ0n) is 15.7. The van der Waals surface area contributed by atoms with Gasteiger partial charge in [0, 0.05) is 16.6 Å². The molecule has 0 saturated carbocycles. The number of amides is 1. The minimum absolute atomic E-state index is 0.186. The van der Waals surface area contributed by atoms with Crippen molar-refractivity contribution in [1.82, 2.24) is 0 Å². The summed E-state index contributed by atoms with van der Waals surface area (Å²) in [6, 6.07) is 22.0. The molecule has 4 nitrogen and oxygen atoms in total. The van der Waals surface area contributed by atoms with Gasteiger partial charge < -0.3 is 9.73 Å². The monoisotopic (exact) mass is 369 g/mol. The van der Waals surface area contributed by atoms with E-state index < -0.39 is 5.63 Å². The lowest BCUT2D eigenvalue weighted by molar-refractivity contribution is 0.102. The number of fused-ring (bicyclic) bond motifs is 1. The highest BCUT2D eigenvalue weighted by molar-refractivity contribution is 6.05. The zero-order chi connectivity index (χ0) is 19.7. The summed E-state index contributed by atoms with van der Waals surface area (Å²) in [5, 5.41) is 3.83. The van der Waals surface area contributed by atoms with Crippen molar-refractivity contribution in [3.8, 4) is 11.1 Å². The molecular formula is C24H19NO3. The Labute approximate surface area is 162 Å². The summed E-state index contributed by atoms with van der Waals surface area (Å²) in [4.78, 5) is 24.9. The summed E-state index contributed by atoms with van der Waals surface area (Å²) in [5.74, 6) is -0.186. The number of carbonyl (C=O) groups is 1. The number of hydrogen-bond donors (Lipinski definition) is 1. The third-order valence-electron chi connectivity index (χ3n) is 4.82. The van der Waals surface area contributed by atoms with Crippen LogP contribution in [0.2, 0.25) is 0 Å². The fourth-order valence-electron chi connectivity index (χ4n) is 3.26. The second kappa shape index (κ2) is 7.16. The maximum absolute atomic E-state index is 12.6. The maximum atomic E-state index is 12.6. The van der Waals surface area contributed by atoms with Gasteiger partial charge in [-0.1, -0.05) is 48.5 Å². The molecule has 1 heterocycles. The first-order chi connectivity index (χ1) is 13.5. The molecule has 1 aromatic heterocycles. The van der Waals surface area contributed by atoms with E-state index >= 15 is 0 Å². The van der Waals surface area contributed by atoms with Crippen LogP contribution in [0, 0.1) is 13.8 Å². The zero-order valence-corrected chi connectivity index (χ0v) is 15.7. The Hall–Kier alpha value is -3.66. The maximum Gasteiger partial charge on any atom is 0.344 e. The van der Waals surface area contributed by atoms with Gasteiger partial charge in [-0.25, -0.2) is 4.79 Å². The molecule has 0 atom stereocenters. The smallest absolute Gasteiger partial charge is 0.344 e. The van der Waals surface area contributed by atoms with Crippen molar-refractivity contribution in [2.45, 2.75) is 13.8 Å². The predicted octanol–water partition coefficient (Wildman–Crippen LogP) is 5.33. The molecule has 28 heavy (non-hydrogen) atoms. The molecule has 0 aliphatic carbocycles. The quantitative estimate of drug-likeness (QED) is 0.497. The van der Waals surface area contributed by atoms with Gasteiger partial charge in [-0.15, -0.1) is 0 Å². The molecule has 0 unspecified atom stereocenters. The van der Waals surface area contributed by atoms with Gasteiger partial charge in [0.15, 0.2) is 0 Å². The predicted molar refractivity (Wildman–Crippen MR) is 112 cm³/mol. The van der Waals surface area contributed by atoms with Crippen LogP contribution in [0.5, 0.6) is 0 Å². The number of carbonyl (C=O) groups excluding carboxylic acids is 1. The highest BCUT2D eigenvalue weighted by atomic mass is 16.4. The van der Waals surface area contributed by atoms with Gasteiger partial charge in [-0.2, -0.15) is 0 Å². The van der Waals surface area contributed by atoms with Gasteiger partial charge in [0.1, 0.15) is 5.58 Å². The lowest BCUT2D eigenvalue weighted by atomic mass is 10.0. The summed E-state index contributed by atoms with van der Waals surface area (Å²) in [5.41, 5.74) is 4.72. The molecule has 0 aliphatic rings. The van der Waals surface area contributed by atoms with E-state index in [0.717, 1.165) is 22.2 Å². The van der Waals surface area contributed by atoms with Crippen molar-refractivity contribution >= 4 is 22.6 Å². The van der Waals surface area contributed by atoms with Crippen molar-refractivity contribution in [3.05, 3.63) is 99.9 Å². The van der Waals surface area contributed by atoms with Crippen LogP contribution < -0.4 is 10.9 Å². The molecule has 1 amide bonds. The van der Waals surface area contributed by atoms with E-state index in [1.807, 2.05) is 56.3 Å². The normalized spacial score (nSPS) is 10.8. The third-order valence-corrected chi connectivity index (χ3v) is 4.82. The summed E-state index contributed by atoms with van der Waals surface area (Å²) in [7, 11) is 0. The number of anilines is 1. The van der Waals surface area contributed by atoms with Crippen molar-refractivity contribution < 1.29 is 9.21 Å². The molecule has 4 aromatic rings. The van der Waals surface area contributed by atoms with Crippen molar-refractivity contribution in [2.75, 3.05) is 5.32 Å². The molecule has 4 heteroatoms. The van der Waals surface area contributed by atoms with E-state index in [1.165, 1.54) is 0 Å². The number of aryl methyl sites for hydroxylation is 2. The Balaban J connectivity index is 1.63. The van der Waals surface area contributed by atoms with Crippen LogP contribution in [0.25, 0.3) is 22.1 Å². The van der Waals surface area contributed by atoms with Crippen LogP contribution >= 0.6 is 0 Å². The number of rotatable bonds is 3. The molecule has 0 radical (unpaired) electrons. The fraction of sp³-hybridized carbons (Fsp3) is 0.0833. The van der Waals surface area contributed by atoms with Crippen molar-refractivity contribution in [2.24, 2.45) is 0 Å². The van der Waals surface area contributed by atoms with E-state index in [2.05, 4.69) is 5.32 Å². The second-order valence-corrected chi connectivity index (χ2v) is 6.78. The first-order valence-electron chi connectivity index (χ1n) is 9.04. The first kappa shape index (κ1) is 17.7. The third kappa shape index (κ3) is 3.32. The lowest BCUT2D eigenvalue weighted by Gasteiger charge is -2.11. The molecule has 1 N–H and O–H groups in total. The highest BCUT2D eigenvalue weighted by Crippen LogP contribution is 2.23. The van der Waals surface area contributed by atoms with Crippen LogP contribution in [0.15, 0.2) is 82.0 Å². The molecule has 138 valence electrons. The largest absolute Gasteiger partial charge is 0.422 e. The van der Waals surface area contributed by atoms with Gasteiger partial charge >= 0.3 is 5.63 Å². The van der Waals surface area contributed by atoms with E-state index in [0.29, 0.717) is 22.3 Å². The second-order valence-electron chi connectivity index (χ2n) is 6.78. The van der Waals surface area contributed by atoms with Crippen molar-refractivity contribution in [1.29, 1.82) is 0 Å². The molecule has 4 rings (SSSR count). The Kier molecular flexibility index (Phi) is 4.53. The molecule has 0 bridgehead atoms. The lowest BCUT2D eigenvalue weighted by Crippen LogP contribution is -2.13. The van der Waals surface area contributed by atoms with Crippen LogP contribution in [0.4, 0.5) is 5.69 Å². The van der Waals surface area contributed by atoms with Crippen LogP contribution in [-0.4, -0.2) is 5.91 Å². The molecule has 0 spiro atoms. The Morgan fingerprint density at radius 1 is 0.857 bits per heavy atom. The Morgan fingerprint density at radius 3 is 2.25 bits per heavy atom. The van der Waals surface area contributed by atoms with E-state index in [1.54, 1.807) is 30.3 Å². The molecule has 0 aliphatic heterocycles. The standard InChI is InChI=1S/C24H19NO3/c1-15-6-5-7-16(2)22(15)25-23(26)18-12-10-17(11-13-18)20-14-19-8-3-4-9-21(19)28-24(20)27/h3-14H,1-2H3,(H,25,26). The summed E-state index contributed by atoms with van der Waals surface area (Å²) < 4.78 is 5.40. The SMILES string of the molecule is Cc1cccc(C)c1NC(=O)c1ccc(-c2cc3ccccc3oc2=O)cc1. The van der Waals surface area contributed by atoms with E-state index in [9.17, 15) is 9.59 Å². The average molecular weight is 369 g/mol. The Morgan fingerprint density at radius 2 is 1.54 bits per heavy atom. The van der Waals surface area contributed by atoms with Crippen LogP contribution in [0.3, 0.4) is 0 Å². The summed E-state index contributed by atoms with van der Waals surface area (Å²) in [6.45, 7) is 3.93. The summed E-state index contributed by atoms with van der Waals surface area (Å²) in [6.07, 6.45) is 0. The van der Waals surface area contributed by atoms with E-state index in [-0.39, 0.29) is 5.91 Å². The molecule has 0 fully saturated rings. The Bertz CT molecular complexity index is 1220. The topological polar surface area (TPSA) is 59.3 Å². The van der Waals surface area contributed by atoms with Crippen LogP contribution in [0.1, 0.15) is 21.5 Å². The minimum Gasteiger partial charge on any atom is -0.422 e. The van der Waals surface area contributed by atoms with Gasteiger partial charge in [-0.05, 0) is 54.8 Å². The fourth-order valence-corrected chi connectivity index (χ4v) is 3.26. The average Bonchev–Trinajstić information content (AvgIpc) is 2.70. The van der Waals surface area contributed by atoms with Crippen LogP contribution in [-0.2, 0) is 0 Å². The number of benzene rings is 3. The molecular weight excluding hydrogens is 350 g/mol. The first-order valence-corrected chi connectivity index (χ1v) is 9.04. The van der Waals surface area contributed by atoms with Gasteiger partial charge in [0.25, 0.3) is 5.91 Å². The number of para-hydroxylation sites is 2. The van der Waals surface area contributed by atoms with Gasteiger partial charge in [0.2, 0.25) is 0 Å². The van der Waals surface area contributed by atoms with Gasteiger partial charge in [-0.3, -0.25) is 4.79 Å². The minimum atomic E-state index is -0.397. The molecule has 3 aromatic carbocycles. The number of hydrogen-bond acceptors (Lipinski definition) is 3. The van der Waals surface area contributed by atoms with Crippen molar-refractivity contribution in [3.63, 3.8) is 0 Å². The molecule has 0 saturated heterocycles. The number of nitrogens with one attached hydrogen (secondary N) is 1.